The second-order valence-electron chi connectivity index (χ2n) is 6.14. The highest BCUT2D eigenvalue weighted by molar-refractivity contribution is 5.85. The lowest BCUT2D eigenvalue weighted by atomic mass is 9.78. The molecule has 0 radical (unpaired) electrons. The van der Waals surface area contributed by atoms with Gasteiger partial charge in [0.05, 0.1) is 0 Å². The summed E-state index contributed by atoms with van der Waals surface area (Å²) >= 11 is 0. The van der Waals surface area contributed by atoms with Crippen molar-refractivity contribution >= 4 is 24.0 Å². The molecule has 3 atom stereocenters. The van der Waals surface area contributed by atoms with E-state index >= 15 is 0 Å². The molecule has 0 spiro atoms. The quantitative estimate of drug-likeness (QED) is 0.835. The molecular formula is C17H27ClN2O. The number of anilines is 1. The van der Waals surface area contributed by atoms with Crippen molar-refractivity contribution in [1.82, 2.24) is 5.32 Å². The summed E-state index contributed by atoms with van der Waals surface area (Å²) in [6.07, 6.45) is 4.86. The van der Waals surface area contributed by atoms with Crippen molar-refractivity contribution in [3.63, 3.8) is 0 Å². The van der Waals surface area contributed by atoms with E-state index in [-0.39, 0.29) is 18.3 Å². The highest BCUT2D eigenvalue weighted by atomic mass is 35.5. The van der Waals surface area contributed by atoms with E-state index in [1.54, 1.807) is 0 Å². The summed E-state index contributed by atoms with van der Waals surface area (Å²) < 4.78 is 0. The Morgan fingerprint density at radius 2 is 2.00 bits per heavy atom. The number of nitrogen functional groups attached to an aromatic ring is 1. The van der Waals surface area contributed by atoms with Crippen LogP contribution in [0.2, 0.25) is 0 Å². The summed E-state index contributed by atoms with van der Waals surface area (Å²) in [7, 11) is 0. The van der Waals surface area contributed by atoms with Crippen LogP contribution in [0.1, 0.15) is 45.1 Å². The number of rotatable bonds is 4. The molecule has 1 fully saturated rings. The molecule has 1 aliphatic rings. The van der Waals surface area contributed by atoms with Gasteiger partial charge < -0.3 is 11.1 Å². The molecule has 1 aromatic rings. The number of para-hydroxylation sites is 1. The minimum atomic E-state index is 0. The van der Waals surface area contributed by atoms with E-state index in [4.69, 9.17) is 5.73 Å². The maximum Gasteiger partial charge on any atom is 0.220 e. The third kappa shape index (κ3) is 4.92. The Bertz CT molecular complexity index is 464. The standard InChI is InChI=1S/C17H26N2O.ClH/c1-12-6-5-9-16(13(12)2)19-17(20)11-10-14-7-3-4-8-15(14)18;/h3-4,7-8,12-13,16H,5-6,9-11,18H2,1-2H3,(H,19,20);1H. The first-order chi connectivity index (χ1) is 9.58. The van der Waals surface area contributed by atoms with Gasteiger partial charge in [-0.15, -0.1) is 12.4 Å². The molecule has 1 aromatic carbocycles. The van der Waals surface area contributed by atoms with Crippen LogP contribution in [0, 0.1) is 11.8 Å². The van der Waals surface area contributed by atoms with Crippen molar-refractivity contribution in [2.24, 2.45) is 11.8 Å². The van der Waals surface area contributed by atoms with Gasteiger partial charge >= 0.3 is 0 Å². The number of nitrogens with two attached hydrogens (primary N) is 1. The van der Waals surface area contributed by atoms with Gasteiger partial charge in [-0.2, -0.15) is 0 Å². The van der Waals surface area contributed by atoms with Crippen LogP contribution in [-0.2, 0) is 11.2 Å². The molecular weight excluding hydrogens is 284 g/mol. The Morgan fingerprint density at radius 3 is 2.71 bits per heavy atom. The maximum atomic E-state index is 12.1. The fourth-order valence-electron chi connectivity index (χ4n) is 3.07. The molecule has 0 bridgehead atoms. The molecule has 4 heteroatoms. The van der Waals surface area contributed by atoms with Crippen LogP contribution in [0.25, 0.3) is 0 Å². The molecule has 3 nitrogen and oxygen atoms in total. The van der Waals surface area contributed by atoms with Crippen LogP contribution in [0.4, 0.5) is 5.69 Å². The van der Waals surface area contributed by atoms with Gasteiger partial charge in [-0.25, -0.2) is 0 Å². The third-order valence-corrected chi connectivity index (χ3v) is 4.73. The van der Waals surface area contributed by atoms with Crippen molar-refractivity contribution in [1.29, 1.82) is 0 Å². The molecule has 1 saturated carbocycles. The highest BCUT2D eigenvalue weighted by Crippen LogP contribution is 2.29. The number of carbonyl (C=O) groups excluding carboxylic acids is 1. The monoisotopic (exact) mass is 310 g/mol. The Balaban J connectivity index is 0.00000220. The van der Waals surface area contributed by atoms with Crippen LogP contribution in [0.15, 0.2) is 24.3 Å². The molecule has 1 amide bonds. The largest absolute Gasteiger partial charge is 0.399 e. The normalized spacial score (nSPS) is 25.0. The second kappa shape index (κ2) is 8.28. The molecule has 2 rings (SSSR count). The zero-order chi connectivity index (χ0) is 14.5. The molecule has 0 aliphatic heterocycles. The summed E-state index contributed by atoms with van der Waals surface area (Å²) in [5.41, 5.74) is 7.74. The minimum Gasteiger partial charge on any atom is -0.399 e. The average molecular weight is 311 g/mol. The number of aryl methyl sites for hydroxylation is 1. The predicted octanol–water partition coefficient (Wildman–Crippen LogP) is 3.56. The van der Waals surface area contributed by atoms with E-state index in [9.17, 15) is 4.79 Å². The molecule has 21 heavy (non-hydrogen) atoms. The number of benzene rings is 1. The Hall–Kier alpha value is -1.22. The van der Waals surface area contributed by atoms with E-state index in [1.807, 2.05) is 24.3 Å². The number of amides is 1. The molecule has 1 aliphatic carbocycles. The van der Waals surface area contributed by atoms with Crippen molar-refractivity contribution < 1.29 is 4.79 Å². The number of halogens is 1. The van der Waals surface area contributed by atoms with Crippen molar-refractivity contribution in [3.8, 4) is 0 Å². The lowest BCUT2D eigenvalue weighted by Gasteiger charge is -2.34. The van der Waals surface area contributed by atoms with Crippen LogP contribution in [0.3, 0.4) is 0 Å². The first-order valence-corrected chi connectivity index (χ1v) is 7.70. The van der Waals surface area contributed by atoms with Gasteiger partial charge in [0.1, 0.15) is 0 Å². The zero-order valence-corrected chi connectivity index (χ0v) is 13.8. The van der Waals surface area contributed by atoms with Crippen molar-refractivity contribution in [3.05, 3.63) is 29.8 Å². The van der Waals surface area contributed by atoms with E-state index in [0.717, 1.165) is 24.1 Å². The number of hydrogen-bond acceptors (Lipinski definition) is 2. The Kier molecular flexibility index (Phi) is 7.03. The zero-order valence-electron chi connectivity index (χ0n) is 13.0. The fourth-order valence-corrected chi connectivity index (χ4v) is 3.07. The summed E-state index contributed by atoms with van der Waals surface area (Å²) in [5, 5.41) is 3.21. The first-order valence-electron chi connectivity index (χ1n) is 7.70. The smallest absolute Gasteiger partial charge is 0.220 e. The third-order valence-electron chi connectivity index (χ3n) is 4.73. The van der Waals surface area contributed by atoms with Gasteiger partial charge in [-0.1, -0.05) is 44.9 Å². The Morgan fingerprint density at radius 1 is 1.29 bits per heavy atom. The number of hydrogen-bond donors (Lipinski definition) is 2. The topological polar surface area (TPSA) is 55.1 Å². The van der Waals surface area contributed by atoms with Crippen molar-refractivity contribution in [2.45, 2.75) is 52.0 Å². The number of nitrogens with one attached hydrogen (secondary N) is 1. The molecule has 3 unspecified atom stereocenters. The molecule has 0 saturated heterocycles. The molecule has 3 N–H and O–H groups in total. The van der Waals surface area contributed by atoms with Gasteiger partial charge in [-0.3, -0.25) is 4.79 Å². The number of carbonyl (C=O) groups is 1. The van der Waals surface area contributed by atoms with Gasteiger partial charge in [0.2, 0.25) is 5.91 Å². The highest BCUT2D eigenvalue weighted by Gasteiger charge is 2.27. The van der Waals surface area contributed by atoms with Gasteiger partial charge in [0.15, 0.2) is 0 Å². The molecule has 0 heterocycles. The average Bonchev–Trinajstić information content (AvgIpc) is 2.43. The maximum absolute atomic E-state index is 12.1. The first kappa shape index (κ1) is 17.8. The van der Waals surface area contributed by atoms with Crippen LogP contribution >= 0.6 is 12.4 Å². The summed E-state index contributed by atoms with van der Waals surface area (Å²) in [6.45, 7) is 4.54. The van der Waals surface area contributed by atoms with E-state index in [1.165, 1.54) is 12.8 Å². The minimum absolute atomic E-state index is 0. The lowest BCUT2D eigenvalue weighted by molar-refractivity contribution is -0.122. The molecule has 0 aromatic heterocycles. The predicted molar refractivity (Wildman–Crippen MR) is 90.5 cm³/mol. The lowest BCUT2D eigenvalue weighted by Crippen LogP contribution is -2.43. The summed E-state index contributed by atoms with van der Waals surface area (Å²) in [6, 6.07) is 8.12. The Labute approximate surface area is 134 Å². The van der Waals surface area contributed by atoms with Gasteiger partial charge in [0.25, 0.3) is 0 Å². The summed E-state index contributed by atoms with van der Waals surface area (Å²) in [5.74, 6) is 1.44. The fraction of sp³-hybridized carbons (Fsp3) is 0.588. The second-order valence-corrected chi connectivity index (χ2v) is 6.14. The SMILES string of the molecule is CC1CCCC(NC(=O)CCc2ccccc2N)C1C.Cl. The van der Waals surface area contributed by atoms with Crippen molar-refractivity contribution in [2.75, 3.05) is 5.73 Å². The van der Waals surface area contributed by atoms with Crippen LogP contribution in [-0.4, -0.2) is 11.9 Å². The molecule has 118 valence electrons. The summed E-state index contributed by atoms with van der Waals surface area (Å²) in [4.78, 5) is 12.1. The van der Waals surface area contributed by atoms with Crippen LogP contribution in [0.5, 0.6) is 0 Å². The van der Waals surface area contributed by atoms with E-state index in [2.05, 4.69) is 19.2 Å². The van der Waals surface area contributed by atoms with Gasteiger partial charge in [-0.05, 0) is 36.3 Å². The van der Waals surface area contributed by atoms with Gasteiger partial charge in [0, 0.05) is 18.2 Å². The van der Waals surface area contributed by atoms with E-state index in [0.29, 0.717) is 24.3 Å². The van der Waals surface area contributed by atoms with E-state index < -0.39 is 0 Å². The van der Waals surface area contributed by atoms with Crippen LogP contribution < -0.4 is 11.1 Å².